The van der Waals surface area contributed by atoms with Crippen molar-refractivity contribution in [2.45, 2.75) is 51.1 Å². The molecule has 0 amide bonds. The molecule has 2 aromatic rings. The maximum Gasteiger partial charge on any atom is 0.307 e. The van der Waals surface area contributed by atoms with Crippen LogP contribution in [0.1, 0.15) is 37.4 Å². The number of cyclic esters (lactones) is 1. The molecule has 1 fully saturated rings. The first-order valence-electron chi connectivity index (χ1n) is 8.78. The van der Waals surface area contributed by atoms with E-state index >= 15 is 0 Å². The topological polar surface area (TPSA) is 49.8 Å². The number of carbonyl (C=O) groups excluding carboxylic acids is 1. The summed E-state index contributed by atoms with van der Waals surface area (Å²) in [6.45, 7) is 4.52. The fraction of sp³-hybridized carbons (Fsp3) is 0.381. The first kappa shape index (κ1) is 17.6. The average Bonchev–Trinajstić information content (AvgIpc) is 3.02. The van der Waals surface area contributed by atoms with E-state index in [-0.39, 0.29) is 18.1 Å². The van der Waals surface area contributed by atoms with Crippen LogP contribution in [-0.4, -0.2) is 34.2 Å². The summed E-state index contributed by atoms with van der Waals surface area (Å²) in [6, 6.07) is 20.4. The smallest absolute Gasteiger partial charge is 0.307 e. The third-order valence-corrected chi connectivity index (χ3v) is 4.91. The normalized spacial score (nSPS) is 22.6. The van der Waals surface area contributed by atoms with Gasteiger partial charge >= 0.3 is 5.97 Å². The van der Waals surface area contributed by atoms with E-state index in [1.165, 1.54) is 11.1 Å². The Kier molecular flexibility index (Phi) is 5.51. The van der Waals surface area contributed by atoms with Gasteiger partial charge in [0.1, 0.15) is 6.10 Å². The molecule has 4 heteroatoms. The van der Waals surface area contributed by atoms with E-state index in [9.17, 15) is 9.90 Å². The van der Waals surface area contributed by atoms with Gasteiger partial charge in [0.25, 0.3) is 0 Å². The second kappa shape index (κ2) is 7.81. The lowest BCUT2D eigenvalue weighted by Gasteiger charge is -2.37. The number of rotatable bonds is 6. The zero-order chi connectivity index (χ0) is 17.8. The van der Waals surface area contributed by atoms with Gasteiger partial charge < -0.3 is 9.84 Å². The molecule has 0 radical (unpaired) electrons. The maximum absolute atomic E-state index is 11.9. The molecular weight excluding hydrogens is 314 g/mol. The fourth-order valence-electron chi connectivity index (χ4n) is 3.55. The van der Waals surface area contributed by atoms with Crippen LogP contribution in [0.2, 0.25) is 0 Å². The van der Waals surface area contributed by atoms with Crippen molar-refractivity contribution in [3.8, 4) is 0 Å². The Balaban J connectivity index is 1.92. The predicted octanol–water partition coefficient (Wildman–Crippen LogP) is 3.31. The second-order valence-electron chi connectivity index (χ2n) is 6.71. The minimum absolute atomic E-state index is 0.0992. The van der Waals surface area contributed by atoms with Crippen LogP contribution < -0.4 is 0 Å². The third kappa shape index (κ3) is 4.09. The summed E-state index contributed by atoms with van der Waals surface area (Å²) in [4.78, 5) is 14.2. The molecule has 0 spiro atoms. The first-order chi connectivity index (χ1) is 12.1. The van der Waals surface area contributed by atoms with Crippen LogP contribution in [0.15, 0.2) is 60.7 Å². The van der Waals surface area contributed by atoms with Crippen LogP contribution >= 0.6 is 0 Å². The lowest BCUT2D eigenvalue weighted by molar-refractivity contribution is -0.145. The summed E-state index contributed by atoms with van der Waals surface area (Å²) in [6.07, 6.45) is -0.889. The van der Waals surface area contributed by atoms with Crippen molar-refractivity contribution >= 4 is 5.97 Å². The third-order valence-electron chi connectivity index (χ3n) is 4.91. The quantitative estimate of drug-likeness (QED) is 0.820. The summed E-state index contributed by atoms with van der Waals surface area (Å²) in [5.41, 5.74) is 2.36. The number of carbonyl (C=O) groups is 1. The Labute approximate surface area is 149 Å². The van der Waals surface area contributed by atoms with Crippen molar-refractivity contribution < 1.29 is 14.6 Å². The van der Waals surface area contributed by atoms with Gasteiger partial charge in [0.05, 0.1) is 18.6 Å². The van der Waals surface area contributed by atoms with Crippen LogP contribution in [-0.2, 0) is 16.1 Å². The van der Waals surface area contributed by atoms with Crippen molar-refractivity contribution in [1.29, 1.82) is 0 Å². The van der Waals surface area contributed by atoms with Gasteiger partial charge in [-0.3, -0.25) is 9.69 Å². The highest BCUT2D eigenvalue weighted by Crippen LogP contribution is 2.32. The average molecular weight is 339 g/mol. The molecule has 1 N–H and O–H groups in total. The Bertz CT molecular complexity index is 687. The van der Waals surface area contributed by atoms with E-state index in [0.29, 0.717) is 13.0 Å². The maximum atomic E-state index is 11.9. The molecule has 2 aromatic carbocycles. The van der Waals surface area contributed by atoms with Gasteiger partial charge in [0.15, 0.2) is 0 Å². The van der Waals surface area contributed by atoms with Crippen LogP contribution in [0.3, 0.4) is 0 Å². The molecular formula is C21H25NO3. The molecule has 0 aromatic heterocycles. The minimum atomic E-state index is -0.697. The predicted molar refractivity (Wildman–Crippen MR) is 96.8 cm³/mol. The standard InChI is InChI=1S/C21H25NO3/c1-15(18-11-7-4-8-12-18)22(14-17-9-5-3-6-10-17)19-13-20(24)25-21(19)16(2)23/h3-12,15-16,19,21,23H,13-14H2,1-2H3. The van der Waals surface area contributed by atoms with Gasteiger partial charge in [-0.25, -0.2) is 0 Å². The first-order valence-corrected chi connectivity index (χ1v) is 8.78. The van der Waals surface area contributed by atoms with Crippen molar-refractivity contribution in [2.24, 2.45) is 0 Å². The fourth-order valence-corrected chi connectivity index (χ4v) is 3.55. The summed E-state index contributed by atoms with van der Waals surface area (Å²) in [5.74, 6) is -0.241. The van der Waals surface area contributed by atoms with Gasteiger partial charge in [-0.05, 0) is 25.0 Å². The van der Waals surface area contributed by atoms with Gasteiger partial charge in [0, 0.05) is 12.6 Å². The highest BCUT2D eigenvalue weighted by Gasteiger charge is 2.42. The Morgan fingerprint density at radius 3 is 2.28 bits per heavy atom. The van der Waals surface area contributed by atoms with Crippen LogP contribution in [0.5, 0.6) is 0 Å². The Morgan fingerprint density at radius 2 is 1.68 bits per heavy atom. The molecule has 25 heavy (non-hydrogen) atoms. The SMILES string of the molecule is CC(O)C1OC(=O)CC1N(Cc1ccccc1)C(C)c1ccccc1. The molecule has 1 saturated heterocycles. The second-order valence-corrected chi connectivity index (χ2v) is 6.71. The molecule has 4 nitrogen and oxygen atoms in total. The molecule has 1 aliphatic rings. The van der Waals surface area contributed by atoms with E-state index in [1.54, 1.807) is 6.92 Å². The number of benzene rings is 2. The highest BCUT2D eigenvalue weighted by atomic mass is 16.6. The summed E-state index contributed by atoms with van der Waals surface area (Å²) in [5, 5.41) is 10.1. The summed E-state index contributed by atoms with van der Waals surface area (Å²) < 4.78 is 5.41. The number of aliphatic hydroxyl groups is 1. The van der Waals surface area contributed by atoms with Crippen molar-refractivity contribution in [1.82, 2.24) is 4.90 Å². The minimum Gasteiger partial charge on any atom is -0.458 e. The molecule has 4 atom stereocenters. The Hall–Kier alpha value is -2.17. The van der Waals surface area contributed by atoms with Gasteiger partial charge in [-0.15, -0.1) is 0 Å². The zero-order valence-electron chi connectivity index (χ0n) is 14.7. The van der Waals surface area contributed by atoms with E-state index < -0.39 is 12.2 Å². The number of aliphatic hydroxyl groups excluding tert-OH is 1. The van der Waals surface area contributed by atoms with E-state index in [2.05, 4.69) is 36.1 Å². The highest BCUT2D eigenvalue weighted by molar-refractivity contribution is 5.73. The van der Waals surface area contributed by atoms with Crippen molar-refractivity contribution in [3.63, 3.8) is 0 Å². The lowest BCUT2D eigenvalue weighted by atomic mass is 9.98. The van der Waals surface area contributed by atoms with Crippen LogP contribution in [0.4, 0.5) is 0 Å². The van der Waals surface area contributed by atoms with Gasteiger partial charge in [0.2, 0.25) is 0 Å². The number of esters is 1. The van der Waals surface area contributed by atoms with E-state index in [1.807, 2.05) is 36.4 Å². The lowest BCUT2D eigenvalue weighted by Crippen LogP contribution is -2.46. The van der Waals surface area contributed by atoms with Crippen LogP contribution in [0, 0.1) is 0 Å². The molecule has 132 valence electrons. The monoisotopic (exact) mass is 339 g/mol. The summed E-state index contributed by atoms with van der Waals surface area (Å²) >= 11 is 0. The van der Waals surface area contributed by atoms with Gasteiger partial charge in [-0.2, -0.15) is 0 Å². The van der Waals surface area contributed by atoms with Crippen molar-refractivity contribution in [2.75, 3.05) is 0 Å². The molecule has 0 bridgehead atoms. The molecule has 1 aliphatic heterocycles. The van der Waals surface area contributed by atoms with Crippen LogP contribution in [0.25, 0.3) is 0 Å². The molecule has 0 aliphatic carbocycles. The number of hydrogen-bond donors (Lipinski definition) is 1. The largest absolute Gasteiger partial charge is 0.458 e. The summed E-state index contributed by atoms with van der Waals surface area (Å²) in [7, 11) is 0. The van der Waals surface area contributed by atoms with E-state index in [0.717, 1.165) is 0 Å². The van der Waals surface area contributed by atoms with Crippen molar-refractivity contribution in [3.05, 3.63) is 71.8 Å². The number of hydrogen-bond acceptors (Lipinski definition) is 4. The number of ether oxygens (including phenoxy) is 1. The van der Waals surface area contributed by atoms with Gasteiger partial charge in [-0.1, -0.05) is 60.7 Å². The van der Waals surface area contributed by atoms with E-state index in [4.69, 9.17) is 4.74 Å². The number of nitrogens with zero attached hydrogens (tertiary/aromatic N) is 1. The molecule has 1 heterocycles. The Morgan fingerprint density at radius 1 is 1.08 bits per heavy atom. The zero-order valence-corrected chi connectivity index (χ0v) is 14.7. The molecule has 3 rings (SSSR count). The molecule has 0 saturated carbocycles. The molecule has 4 unspecified atom stereocenters.